The van der Waals surface area contributed by atoms with Crippen LogP contribution in [0.25, 0.3) is 21.5 Å². The van der Waals surface area contributed by atoms with E-state index in [4.69, 9.17) is 9.40 Å². The zero-order chi connectivity index (χ0) is 17.7. The van der Waals surface area contributed by atoms with Gasteiger partial charge in [-0.1, -0.05) is 18.2 Å². The molecule has 4 aromatic rings. The number of rotatable bonds is 3. The van der Waals surface area contributed by atoms with Gasteiger partial charge in [-0.25, -0.2) is 4.98 Å². The average molecular weight is 363 g/mol. The van der Waals surface area contributed by atoms with Crippen LogP contribution in [0.3, 0.4) is 0 Å². The van der Waals surface area contributed by atoms with Gasteiger partial charge in [-0.2, -0.15) is 0 Å². The minimum Gasteiger partial charge on any atom is -0.464 e. The highest BCUT2D eigenvalue weighted by Gasteiger charge is 2.26. The number of fused-ring (bicyclic) bond motifs is 2. The summed E-state index contributed by atoms with van der Waals surface area (Å²) in [5, 5.41) is 2.53. The lowest BCUT2D eigenvalue weighted by Gasteiger charge is -2.24. The second kappa shape index (κ2) is 5.85. The molecule has 1 atom stereocenters. The van der Waals surface area contributed by atoms with Crippen LogP contribution in [0.1, 0.15) is 18.3 Å². The van der Waals surface area contributed by atoms with E-state index in [2.05, 4.69) is 41.1 Å². The second-order valence-electron chi connectivity index (χ2n) is 6.63. The van der Waals surface area contributed by atoms with Crippen molar-refractivity contribution >= 4 is 27.2 Å². The Hall–Kier alpha value is -2.86. The van der Waals surface area contributed by atoms with Crippen LogP contribution in [-0.2, 0) is 13.0 Å². The predicted octanol–water partition coefficient (Wildman–Crippen LogP) is 4.20. The number of hydrogen-bond donors (Lipinski definition) is 1. The molecule has 0 radical (unpaired) electrons. The summed E-state index contributed by atoms with van der Waals surface area (Å²) in [5.41, 5.74) is 3.26. The molecule has 5 nitrogen and oxygen atoms in total. The largest absolute Gasteiger partial charge is 0.464 e. The molecule has 3 aromatic heterocycles. The Labute approximate surface area is 153 Å². The van der Waals surface area contributed by atoms with Crippen LogP contribution in [0.15, 0.2) is 57.3 Å². The Bertz CT molecular complexity index is 1140. The van der Waals surface area contributed by atoms with Gasteiger partial charge in [0.25, 0.3) is 5.56 Å². The van der Waals surface area contributed by atoms with E-state index in [0.29, 0.717) is 29.6 Å². The topological polar surface area (TPSA) is 62.1 Å². The van der Waals surface area contributed by atoms with Crippen molar-refractivity contribution in [2.24, 2.45) is 0 Å². The van der Waals surface area contributed by atoms with Crippen LogP contribution in [0.2, 0.25) is 0 Å². The fraction of sp³-hybridized carbons (Fsp3) is 0.200. The van der Waals surface area contributed by atoms with E-state index in [9.17, 15) is 4.79 Å². The zero-order valence-corrected chi connectivity index (χ0v) is 15.0. The fourth-order valence-corrected chi connectivity index (χ4v) is 4.66. The molecule has 1 aliphatic heterocycles. The molecule has 1 N–H and O–H groups in total. The van der Waals surface area contributed by atoms with Gasteiger partial charge in [0.2, 0.25) is 0 Å². The van der Waals surface area contributed by atoms with Crippen LogP contribution in [-0.4, -0.2) is 16.0 Å². The van der Waals surface area contributed by atoms with Crippen molar-refractivity contribution < 1.29 is 4.42 Å². The van der Waals surface area contributed by atoms with Crippen LogP contribution < -0.4 is 10.5 Å². The maximum atomic E-state index is 12.7. The Balaban J connectivity index is 1.54. The number of nitrogens with one attached hydrogen (secondary N) is 1. The molecule has 0 unspecified atom stereocenters. The molecule has 1 aromatic carbocycles. The molecule has 0 saturated carbocycles. The normalized spacial score (nSPS) is 16.3. The van der Waals surface area contributed by atoms with Gasteiger partial charge in [-0.15, -0.1) is 11.3 Å². The summed E-state index contributed by atoms with van der Waals surface area (Å²) in [4.78, 5) is 23.5. The maximum absolute atomic E-state index is 12.7. The van der Waals surface area contributed by atoms with E-state index in [1.165, 1.54) is 22.6 Å². The molecule has 130 valence electrons. The lowest BCUT2D eigenvalue weighted by molar-refractivity contribution is 0.583. The molecule has 0 bridgehead atoms. The van der Waals surface area contributed by atoms with Crippen molar-refractivity contribution in [2.75, 3.05) is 4.90 Å². The molecule has 0 fully saturated rings. The van der Waals surface area contributed by atoms with Crippen molar-refractivity contribution in [1.29, 1.82) is 0 Å². The van der Waals surface area contributed by atoms with Crippen LogP contribution >= 0.6 is 11.3 Å². The van der Waals surface area contributed by atoms with Crippen molar-refractivity contribution in [3.05, 3.63) is 69.8 Å². The minimum absolute atomic E-state index is 0.113. The van der Waals surface area contributed by atoms with Gasteiger partial charge < -0.3 is 14.3 Å². The van der Waals surface area contributed by atoms with Gasteiger partial charge in [-0.3, -0.25) is 4.79 Å². The number of aromatic nitrogens is 2. The summed E-state index contributed by atoms with van der Waals surface area (Å²) in [5.74, 6) is 1.39. The van der Waals surface area contributed by atoms with Gasteiger partial charge in [0.05, 0.1) is 18.2 Å². The number of aromatic amines is 1. The quantitative estimate of drug-likeness (QED) is 0.593. The summed E-state index contributed by atoms with van der Waals surface area (Å²) < 4.78 is 5.45. The summed E-state index contributed by atoms with van der Waals surface area (Å²) in [6.07, 6.45) is 2.63. The number of H-pyrrole nitrogens is 1. The monoisotopic (exact) mass is 363 g/mol. The number of thiophene rings is 1. The first-order chi connectivity index (χ1) is 12.7. The van der Waals surface area contributed by atoms with Gasteiger partial charge in [0.15, 0.2) is 0 Å². The number of nitrogens with zero attached hydrogens (tertiary/aromatic N) is 2. The lowest BCUT2D eigenvalue weighted by Crippen LogP contribution is -2.30. The van der Waals surface area contributed by atoms with Gasteiger partial charge in [0, 0.05) is 22.7 Å². The SMILES string of the molecule is C[C@@H]1Cc2ccccc2N1Cc1nc2scc(-c3ccco3)c2c(=O)[nH]1. The predicted molar refractivity (Wildman–Crippen MR) is 104 cm³/mol. The number of hydrogen-bond acceptors (Lipinski definition) is 5. The fourth-order valence-electron chi connectivity index (χ4n) is 3.71. The van der Waals surface area contributed by atoms with Crippen LogP contribution in [0, 0.1) is 0 Å². The Morgan fingerprint density at radius 1 is 1.31 bits per heavy atom. The summed E-state index contributed by atoms with van der Waals surface area (Å²) in [6, 6.07) is 12.5. The molecular formula is C20H17N3O2S. The molecule has 0 saturated heterocycles. The smallest absolute Gasteiger partial charge is 0.260 e. The third kappa shape index (κ3) is 2.37. The summed E-state index contributed by atoms with van der Waals surface area (Å²) >= 11 is 1.48. The number of furan rings is 1. The van der Waals surface area contributed by atoms with Gasteiger partial charge in [0.1, 0.15) is 16.4 Å². The average Bonchev–Trinajstić information content (AvgIpc) is 3.34. The van der Waals surface area contributed by atoms with Crippen molar-refractivity contribution in [1.82, 2.24) is 9.97 Å². The van der Waals surface area contributed by atoms with Crippen molar-refractivity contribution in [3.8, 4) is 11.3 Å². The Morgan fingerprint density at radius 2 is 2.19 bits per heavy atom. The Morgan fingerprint density at radius 3 is 3.04 bits per heavy atom. The first-order valence-electron chi connectivity index (χ1n) is 8.59. The van der Waals surface area contributed by atoms with E-state index in [1.807, 2.05) is 17.5 Å². The van der Waals surface area contributed by atoms with E-state index < -0.39 is 0 Å². The highest BCUT2D eigenvalue weighted by molar-refractivity contribution is 7.17. The number of benzene rings is 1. The minimum atomic E-state index is -0.113. The third-order valence-electron chi connectivity index (χ3n) is 4.95. The van der Waals surface area contributed by atoms with Crippen LogP contribution in [0.4, 0.5) is 5.69 Å². The molecule has 0 amide bonds. The van der Waals surface area contributed by atoms with E-state index in [1.54, 1.807) is 6.26 Å². The Kier molecular flexibility index (Phi) is 3.46. The number of para-hydroxylation sites is 1. The van der Waals surface area contributed by atoms with E-state index >= 15 is 0 Å². The first kappa shape index (κ1) is 15.4. The maximum Gasteiger partial charge on any atom is 0.260 e. The lowest BCUT2D eigenvalue weighted by atomic mass is 10.1. The summed E-state index contributed by atoms with van der Waals surface area (Å²) in [7, 11) is 0. The summed E-state index contributed by atoms with van der Waals surface area (Å²) in [6.45, 7) is 2.80. The standard InChI is InChI=1S/C20H17N3O2S/c1-12-9-13-5-2-3-6-15(13)23(12)10-17-21-19(24)18-14(11-26-20(18)22-17)16-7-4-8-25-16/h2-8,11-12H,9-10H2,1H3,(H,21,22,24)/t12-/m1/s1. The molecule has 6 heteroatoms. The molecule has 4 heterocycles. The first-order valence-corrected chi connectivity index (χ1v) is 9.47. The van der Waals surface area contributed by atoms with Crippen molar-refractivity contribution in [3.63, 3.8) is 0 Å². The second-order valence-corrected chi connectivity index (χ2v) is 7.49. The van der Waals surface area contributed by atoms with E-state index in [0.717, 1.165) is 16.8 Å². The van der Waals surface area contributed by atoms with Gasteiger partial charge in [-0.05, 0) is 37.1 Å². The highest BCUT2D eigenvalue weighted by Crippen LogP contribution is 2.34. The molecule has 26 heavy (non-hydrogen) atoms. The zero-order valence-electron chi connectivity index (χ0n) is 14.2. The van der Waals surface area contributed by atoms with Crippen LogP contribution in [0.5, 0.6) is 0 Å². The number of anilines is 1. The van der Waals surface area contributed by atoms with E-state index in [-0.39, 0.29) is 5.56 Å². The molecule has 0 aliphatic carbocycles. The van der Waals surface area contributed by atoms with Crippen molar-refractivity contribution in [2.45, 2.75) is 25.9 Å². The molecule has 1 aliphatic rings. The molecule has 0 spiro atoms. The highest BCUT2D eigenvalue weighted by atomic mass is 32.1. The third-order valence-corrected chi connectivity index (χ3v) is 5.82. The molecular weight excluding hydrogens is 346 g/mol. The molecule has 5 rings (SSSR count). The van der Waals surface area contributed by atoms with Gasteiger partial charge >= 0.3 is 0 Å².